The zero-order valence-corrected chi connectivity index (χ0v) is 14.7. The van der Waals surface area contributed by atoms with Crippen LogP contribution in [0, 0.1) is 10.1 Å². The maximum atomic E-state index is 12.7. The Bertz CT molecular complexity index is 797. The van der Waals surface area contributed by atoms with Crippen molar-refractivity contribution >= 4 is 21.6 Å². The van der Waals surface area contributed by atoms with Crippen LogP contribution in [-0.4, -0.2) is 61.7 Å². The van der Waals surface area contributed by atoms with Crippen LogP contribution >= 0.6 is 0 Å². The third kappa shape index (κ3) is 3.97. The van der Waals surface area contributed by atoms with Gasteiger partial charge in [0.05, 0.1) is 16.9 Å². The average Bonchev–Trinajstić information content (AvgIpc) is 2.61. The lowest BCUT2D eigenvalue weighted by atomic mass is 10.3. The Balaban J connectivity index is 2.22. The van der Waals surface area contributed by atoms with E-state index in [4.69, 9.17) is 4.74 Å². The number of rotatable bonds is 5. The zero-order chi connectivity index (χ0) is 18.6. The van der Waals surface area contributed by atoms with Crippen LogP contribution in [0.3, 0.4) is 0 Å². The number of carbonyl (C=O) groups is 1. The Labute approximate surface area is 145 Å². The Morgan fingerprint density at radius 1 is 1.28 bits per heavy atom. The maximum Gasteiger partial charge on any atom is 0.312 e. The van der Waals surface area contributed by atoms with Gasteiger partial charge in [0.25, 0.3) is 0 Å². The van der Waals surface area contributed by atoms with Crippen molar-refractivity contribution in [2.45, 2.75) is 11.8 Å². The van der Waals surface area contributed by atoms with E-state index in [2.05, 4.69) is 0 Å². The molecular formula is C15H19N3O6S. The molecule has 0 aliphatic carbocycles. The van der Waals surface area contributed by atoms with E-state index in [9.17, 15) is 23.3 Å². The molecule has 0 saturated carbocycles. The Morgan fingerprint density at radius 3 is 2.44 bits per heavy atom. The zero-order valence-electron chi connectivity index (χ0n) is 13.9. The topological polar surface area (TPSA) is 110 Å². The van der Waals surface area contributed by atoms with Crippen LogP contribution in [0.25, 0.3) is 0 Å². The number of sulfonamides is 1. The first kappa shape index (κ1) is 18.9. The summed E-state index contributed by atoms with van der Waals surface area (Å²) in [5.41, 5.74) is -0.412. The summed E-state index contributed by atoms with van der Waals surface area (Å²) in [6.45, 7) is 2.52. The van der Waals surface area contributed by atoms with E-state index in [-0.39, 0.29) is 42.7 Å². The molecule has 10 heteroatoms. The second-order valence-electron chi connectivity index (χ2n) is 5.32. The molecule has 1 amide bonds. The lowest BCUT2D eigenvalue weighted by molar-refractivity contribution is -0.386. The summed E-state index contributed by atoms with van der Waals surface area (Å²) in [6, 6.07) is 3.53. The quantitative estimate of drug-likeness (QED) is 0.435. The number of nitro benzene ring substituents is 1. The van der Waals surface area contributed by atoms with Crippen LogP contribution in [0.5, 0.6) is 5.75 Å². The summed E-state index contributed by atoms with van der Waals surface area (Å²) in [6.07, 6.45) is 3.05. The van der Waals surface area contributed by atoms with Gasteiger partial charge in [-0.1, -0.05) is 6.08 Å². The summed E-state index contributed by atoms with van der Waals surface area (Å²) >= 11 is 0. The summed E-state index contributed by atoms with van der Waals surface area (Å²) in [7, 11) is -2.61. The van der Waals surface area contributed by atoms with Gasteiger partial charge in [-0.3, -0.25) is 14.9 Å². The van der Waals surface area contributed by atoms with E-state index < -0.39 is 20.6 Å². The van der Waals surface area contributed by atoms with E-state index in [0.29, 0.717) is 0 Å². The van der Waals surface area contributed by atoms with Crippen molar-refractivity contribution in [1.29, 1.82) is 0 Å². The molecule has 1 aliphatic heterocycles. The van der Waals surface area contributed by atoms with Crippen LogP contribution < -0.4 is 4.74 Å². The number of ether oxygens (including phenoxy) is 1. The third-order valence-corrected chi connectivity index (χ3v) is 5.74. The van der Waals surface area contributed by atoms with Gasteiger partial charge in [-0.25, -0.2) is 8.42 Å². The van der Waals surface area contributed by atoms with Gasteiger partial charge in [0.1, 0.15) is 0 Å². The molecule has 1 saturated heterocycles. The summed E-state index contributed by atoms with van der Waals surface area (Å²) < 4.78 is 31.5. The van der Waals surface area contributed by atoms with E-state index in [0.717, 1.165) is 6.07 Å². The molecule has 2 rings (SSSR count). The highest BCUT2D eigenvalue weighted by Gasteiger charge is 2.31. The van der Waals surface area contributed by atoms with Crippen molar-refractivity contribution < 1.29 is 22.9 Å². The number of nitrogens with zero attached hydrogens (tertiary/aromatic N) is 3. The van der Waals surface area contributed by atoms with Crippen molar-refractivity contribution in [3.63, 3.8) is 0 Å². The van der Waals surface area contributed by atoms with Gasteiger partial charge in [0, 0.05) is 32.2 Å². The largest absolute Gasteiger partial charge is 0.490 e. The van der Waals surface area contributed by atoms with Gasteiger partial charge in [-0.2, -0.15) is 4.31 Å². The van der Waals surface area contributed by atoms with Crippen LogP contribution in [0.15, 0.2) is 35.2 Å². The number of hydrogen-bond donors (Lipinski definition) is 0. The molecule has 25 heavy (non-hydrogen) atoms. The van der Waals surface area contributed by atoms with Gasteiger partial charge >= 0.3 is 5.69 Å². The number of nitro groups is 1. The predicted molar refractivity (Wildman–Crippen MR) is 89.8 cm³/mol. The highest BCUT2D eigenvalue weighted by atomic mass is 32.2. The third-order valence-electron chi connectivity index (χ3n) is 3.84. The second-order valence-corrected chi connectivity index (χ2v) is 7.26. The van der Waals surface area contributed by atoms with Crippen LogP contribution in [-0.2, 0) is 14.8 Å². The molecule has 0 aromatic heterocycles. The number of allylic oxidation sites excluding steroid dienone is 1. The summed E-state index contributed by atoms with van der Waals surface area (Å²) in [4.78, 5) is 23.6. The van der Waals surface area contributed by atoms with Crippen molar-refractivity contribution in [3.8, 4) is 5.75 Å². The molecule has 1 aromatic carbocycles. The molecule has 136 valence electrons. The first-order valence-electron chi connectivity index (χ1n) is 7.55. The fourth-order valence-corrected chi connectivity index (χ4v) is 3.96. The molecule has 0 unspecified atom stereocenters. The smallest absolute Gasteiger partial charge is 0.312 e. The number of piperazine rings is 1. The minimum atomic E-state index is -3.89. The normalized spacial score (nSPS) is 16.2. The second kappa shape index (κ2) is 7.62. The fraction of sp³-hybridized carbons (Fsp3) is 0.400. The molecule has 0 bridgehead atoms. The molecule has 1 aliphatic rings. The SMILES string of the molecule is C/C=C/C(=O)N1CCN(S(=O)(=O)c2ccc(OC)c([N+](=O)[O-])c2)CC1. The first-order valence-corrected chi connectivity index (χ1v) is 8.99. The first-order chi connectivity index (χ1) is 11.8. The van der Waals surface area contributed by atoms with E-state index >= 15 is 0 Å². The Kier molecular flexibility index (Phi) is 5.75. The van der Waals surface area contributed by atoms with Gasteiger partial charge in [0.15, 0.2) is 5.75 Å². The fourth-order valence-electron chi connectivity index (χ4n) is 2.52. The highest BCUT2D eigenvalue weighted by Crippen LogP contribution is 2.30. The van der Waals surface area contributed by atoms with E-state index in [1.807, 2.05) is 0 Å². The minimum absolute atomic E-state index is 0.00859. The van der Waals surface area contributed by atoms with E-state index in [1.54, 1.807) is 17.9 Å². The molecule has 1 fully saturated rings. The maximum absolute atomic E-state index is 12.7. The summed E-state index contributed by atoms with van der Waals surface area (Å²) in [5.74, 6) is -0.176. The number of methoxy groups -OCH3 is 1. The molecule has 0 atom stereocenters. The van der Waals surface area contributed by atoms with Crippen molar-refractivity contribution in [2.24, 2.45) is 0 Å². The highest BCUT2D eigenvalue weighted by molar-refractivity contribution is 7.89. The van der Waals surface area contributed by atoms with Gasteiger partial charge in [-0.05, 0) is 25.1 Å². The summed E-state index contributed by atoms with van der Waals surface area (Å²) in [5, 5.41) is 11.1. The average molecular weight is 369 g/mol. The van der Waals surface area contributed by atoms with Crippen LogP contribution in [0.1, 0.15) is 6.92 Å². The van der Waals surface area contributed by atoms with Gasteiger partial charge in [0.2, 0.25) is 15.9 Å². The van der Waals surface area contributed by atoms with Crippen molar-refractivity contribution in [3.05, 3.63) is 40.5 Å². The molecule has 1 aromatic rings. The molecule has 9 nitrogen and oxygen atoms in total. The van der Waals surface area contributed by atoms with Gasteiger partial charge < -0.3 is 9.64 Å². The predicted octanol–water partition coefficient (Wildman–Crippen LogP) is 1.01. The Hall–Kier alpha value is -2.46. The van der Waals surface area contributed by atoms with Crippen LogP contribution in [0.4, 0.5) is 5.69 Å². The molecule has 0 N–H and O–H groups in total. The van der Waals surface area contributed by atoms with E-state index in [1.165, 1.54) is 29.6 Å². The molecular weight excluding hydrogens is 350 g/mol. The molecule has 1 heterocycles. The molecule has 0 radical (unpaired) electrons. The lowest BCUT2D eigenvalue weighted by Gasteiger charge is -2.33. The lowest BCUT2D eigenvalue weighted by Crippen LogP contribution is -2.50. The standard InChI is InChI=1S/C15H19N3O6S/c1-3-4-15(19)16-7-9-17(10-8-16)25(22,23)12-5-6-14(24-2)13(11-12)18(20)21/h3-6,11H,7-10H2,1-2H3/b4-3+. The number of hydrogen-bond acceptors (Lipinski definition) is 6. The Morgan fingerprint density at radius 2 is 1.92 bits per heavy atom. The van der Waals surface area contributed by atoms with Crippen LogP contribution in [0.2, 0.25) is 0 Å². The number of amides is 1. The van der Waals surface area contributed by atoms with Crippen molar-refractivity contribution in [1.82, 2.24) is 9.21 Å². The molecule has 0 spiro atoms. The van der Waals surface area contributed by atoms with Gasteiger partial charge in [-0.15, -0.1) is 0 Å². The minimum Gasteiger partial charge on any atom is -0.490 e. The number of carbonyl (C=O) groups excluding carboxylic acids is 1. The monoisotopic (exact) mass is 369 g/mol. The number of benzene rings is 1. The van der Waals surface area contributed by atoms with Crippen molar-refractivity contribution in [2.75, 3.05) is 33.3 Å².